The zero-order valence-corrected chi connectivity index (χ0v) is 15.7. The van der Waals surface area contributed by atoms with Gasteiger partial charge in [-0.3, -0.25) is 4.79 Å². The molecule has 0 bridgehead atoms. The van der Waals surface area contributed by atoms with Crippen molar-refractivity contribution in [1.82, 2.24) is 20.2 Å². The van der Waals surface area contributed by atoms with Crippen LogP contribution in [0.5, 0.6) is 0 Å². The first kappa shape index (κ1) is 18.9. The third-order valence-corrected chi connectivity index (χ3v) is 3.87. The van der Waals surface area contributed by atoms with E-state index in [9.17, 15) is 4.79 Å². The molecule has 25 heavy (non-hydrogen) atoms. The van der Waals surface area contributed by atoms with E-state index in [1.165, 1.54) is 0 Å². The number of anilines is 2. The van der Waals surface area contributed by atoms with Crippen LogP contribution in [0.15, 0.2) is 24.3 Å². The summed E-state index contributed by atoms with van der Waals surface area (Å²) in [5, 5.41) is 6.23. The summed E-state index contributed by atoms with van der Waals surface area (Å²) >= 11 is 0. The molecule has 1 heterocycles. The maximum atomic E-state index is 12.3. The predicted molar refractivity (Wildman–Crippen MR) is 101 cm³/mol. The fourth-order valence-corrected chi connectivity index (χ4v) is 2.58. The van der Waals surface area contributed by atoms with E-state index >= 15 is 0 Å². The van der Waals surface area contributed by atoms with E-state index in [-0.39, 0.29) is 5.91 Å². The number of nitrogens with one attached hydrogen (secondary N) is 2. The van der Waals surface area contributed by atoms with Crippen molar-refractivity contribution in [3.8, 4) is 0 Å². The maximum Gasteiger partial charge on any atom is 0.270 e. The van der Waals surface area contributed by atoms with Gasteiger partial charge >= 0.3 is 0 Å². The first-order valence-electron chi connectivity index (χ1n) is 8.48. The number of benzene rings is 1. The zero-order valence-electron chi connectivity index (χ0n) is 15.7. The fraction of sp³-hybridized carbons (Fsp3) is 0.421. The predicted octanol–water partition coefficient (Wildman–Crippen LogP) is 2.83. The minimum absolute atomic E-state index is 0.172. The second kappa shape index (κ2) is 8.58. The first-order chi connectivity index (χ1) is 11.9. The highest BCUT2D eigenvalue weighted by Crippen LogP contribution is 2.23. The Kier molecular flexibility index (Phi) is 6.47. The largest absolute Gasteiger partial charge is 0.351 e. The number of hydrogen-bond acceptors (Lipinski definition) is 5. The maximum absolute atomic E-state index is 12.3. The van der Waals surface area contributed by atoms with Crippen LogP contribution >= 0.6 is 0 Å². The van der Waals surface area contributed by atoms with Gasteiger partial charge in [0.15, 0.2) is 0 Å². The Morgan fingerprint density at radius 2 is 1.80 bits per heavy atom. The lowest BCUT2D eigenvalue weighted by Gasteiger charge is -2.13. The fourth-order valence-electron chi connectivity index (χ4n) is 2.58. The highest BCUT2D eigenvalue weighted by atomic mass is 16.1. The summed E-state index contributed by atoms with van der Waals surface area (Å²) in [6.45, 7) is 7.43. The summed E-state index contributed by atoms with van der Waals surface area (Å²) in [7, 11) is 4.03. The van der Waals surface area contributed by atoms with Crippen molar-refractivity contribution in [3.05, 3.63) is 46.9 Å². The lowest BCUT2D eigenvalue weighted by molar-refractivity contribution is 0.0947. The van der Waals surface area contributed by atoms with Gasteiger partial charge in [-0.2, -0.15) is 0 Å². The van der Waals surface area contributed by atoms with E-state index < -0.39 is 0 Å². The van der Waals surface area contributed by atoms with Crippen LogP contribution in [0.2, 0.25) is 0 Å². The number of rotatable bonds is 7. The van der Waals surface area contributed by atoms with Gasteiger partial charge < -0.3 is 15.5 Å². The van der Waals surface area contributed by atoms with E-state index in [1.54, 1.807) is 13.0 Å². The second-order valence-corrected chi connectivity index (χ2v) is 6.49. The van der Waals surface area contributed by atoms with Crippen molar-refractivity contribution in [2.24, 2.45) is 0 Å². The molecule has 0 saturated carbocycles. The standard InChI is InChI=1S/C19H27N5O/c1-13-8-6-9-14(2)18(13)23-17-12-16(21-15(3)22-17)19(25)20-10-7-11-24(4)5/h6,8-9,12H,7,10-11H2,1-5H3,(H,20,25)(H,21,22,23). The smallest absolute Gasteiger partial charge is 0.270 e. The van der Waals surface area contributed by atoms with Crippen molar-refractivity contribution >= 4 is 17.4 Å². The lowest BCUT2D eigenvalue weighted by Crippen LogP contribution is -2.28. The van der Waals surface area contributed by atoms with Crippen LogP contribution in [0.3, 0.4) is 0 Å². The van der Waals surface area contributed by atoms with Gasteiger partial charge in [0.2, 0.25) is 0 Å². The number of carbonyl (C=O) groups excluding carboxylic acids is 1. The number of amides is 1. The van der Waals surface area contributed by atoms with E-state index in [4.69, 9.17) is 0 Å². The van der Waals surface area contributed by atoms with Crippen molar-refractivity contribution in [2.45, 2.75) is 27.2 Å². The molecule has 1 aromatic heterocycles. The normalized spacial score (nSPS) is 10.8. The Morgan fingerprint density at radius 1 is 1.12 bits per heavy atom. The molecule has 0 aliphatic heterocycles. The molecule has 0 radical (unpaired) electrons. The number of nitrogens with zero attached hydrogens (tertiary/aromatic N) is 3. The topological polar surface area (TPSA) is 70.2 Å². The van der Waals surface area contributed by atoms with Gasteiger partial charge in [-0.05, 0) is 59.0 Å². The number of para-hydroxylation sites is 1. The summed E-state index contributed by atoms with van der Waals surface area (Å²) in [5.74, 6) is 1.02. The molecule has 2 N–H and O–H groups in total. The molecule has 6 nitrogen and oxygen atoms in total. The summed E-state index contributed by atoms with van der Waals surface area (Å²) in [6.07, 6.45) is 0.899. The Bertz CT molecular complexity index is 722. The number of carbonyl (C=O) groups is 1. The molecular formula is C19H27N5O. The van der Waals surface area contributed by atoms with Gasteiger partial charge in [-0.15, -0.1) is 0 Å². The zero-order chi connectivity index (χ0) is 18.4. The molecule has 0 spiro atoms. The first-order valence-corrected chi connectivity index (χ1v) is 8.48. The van der Waals surface area contributed by atoms with E-state index in [1.807, 2.05) is 46.1 Å². The van der Waals surface area contributed by atoms with Crippen LogP contribution in [0.4, 0.5) is 11.5 Å². The van der Waals surface area contributed by atoms with Gasteiger partial charge in [0, 0.05) is 18.3 Å². The third-order valence-electron chi connectivity index (χ3n) is 3.87. The summed E-state index contributed by atoms with van der Waals surface area (Å²) < 4.78 is 0. The van der Waals surface area contributed by atoms with Gasteiger partial charge in [0.1, 0.15) is 17.3 Å². The Labute approximate surface area is 149 Å². The van der Waals surface area contributed by atoms with Crippen LogP contribution in [-0.4, -0.2) is 48.0 Å². The van der Waals surface area contributed by atoms with Crippen molar-refractivity contribution in [2.75, 3.05) is 32.5 Å². The molecule has 134 valence electrons. The third kappa shape index (κ3) is 5.53. The van der Waals surface area contributed by atoms with Crippen LogP contribution in [-0.2, 0) is 0 Å². The van der Waals surface area contributed by atoms with Gasteiger partial charge in [0.05, 0.1) is 0 Å². The highest BCUT2D eigenvalue weighted by molar-refractivity contribution is 5.93. The van der Waals surface area contributed by atoms with Crippen molar-refractivity contribution in [3.63, 3.8) is 0 Å². The van der Waals surface area contributed by atoms with Crippen LogP contribution in [0.1, 0.15) is 33.9 Å². The molecule has 0 atom stereocenters. The van der Waals surface area contributed by atoms with Crippen LogP contribution < -0.4 is 10.6 Å². The SMILES string of the molecule is Cc1nc(Nc2c(C)cccc2C)cc(C(=O)NCCCN(C)C)n1. The molecule has 6 heteroatoms. The molecule has 0 fully saturated rings. The second-order valence-electron chi connectivity index (χ2n) is 6.49. The molecule has 0 saturated heterocycles. The van der Waals surface area contributed by atoms with E-state index in [2.05, 4.69) is 25.5 Å². The number of aromatic nitrogens is 2. The van der Waals surface area contributed by atoms with Crippen LogP contribution in [0, 0.1) is 20.8 Å². The van der Waals surface area contributed by atoms with Crippen LogP contribution in [0.25, 0.3) is 0 Å². The molecule has 1 amide bonds. The van der Waals surface area contributed by atoms with Gasteiger partial charge in [-0.25, -0.2) is 9.97 Å². The summed E-state index contributed by atoms with van der Waals surface area (Å²) in [5.41, 5.74) is 3.65. The summed E-state index contributed by atoms with van der Waals surface area (Å²) in [6, 6.07) is 7.80. The van der Waals surface area contributed by atoms with Gasteiger partial charge in [-0.1, -0.05) is 18.2 Å². The average molecular weight is 341 g/mol. The molecule has 0 aliphatic carbocycles. The monoisotopic (exact) mass is 341 g/mol. The molecule has 2 rings (SSSR count). The average Bonchev–Trinajstić information content (AvgIpc) is 2.54. The number of hydrogen-bond donors (Lipinski definition) is 2. The minimum atomic E-state index is -0.172. The lowest BCUT2D eigenvalue weighted by atomic mass is 10.1. The molecule has 0 aliphatic rings. The van der Waals surface area contributed by atoms with E-state index in [0.29, 0.717) is 23.9 Å². The molecular weight excluding hydrogens is 314 g/mol. The molecule has 2 aromatic rings. The van der Waals surface area contributed by atoms with E-state index in [0.717, 1.165) is 29.8 Å². The number of aryl methyl sites for hydroxylation is 3. The Balaban J connectivity index is 2.10. The molecule has 1 aromatic carbocycles. The Hall–Kier alpha value is -2.47. The molecule has 0 unspecified atom stereocenters. The van der Waals surface area contributed by atoms with Gasteiger partial charge in [0.25, 0.3) is 5.91 Å². The van der Waals surface area contributed by atoms with Crippen molar-refractivity contribution in [1.29, 1.82) is 0 Å². The Morgan fingerprint density at radius 3 is 2.44 bits per heavy atom. The quantitative estimate of drug-likeness (QED) is 0.758. The minimum Gasteiger partial charge on any atom is -0.351 e. The van der Waals surface area contributed by atoms with Crippen molar-refractivity contribution < 1.29 is 4.79 Å². The highest BCUT2D eigenvalue weighted by Gasteiger charge is 2.11. The summed E-state index contributed by atoms with van der Waals surface area (Å²) in [4.78, 5) is 23.1.